The molecule has 0 heterocycles. The molecule has 1 fully saturated rings. The van der Waals surface area contributed by atoms with Crippen LogP contribution in [0.2, 0.25) is 0 Å². The topological polar surface area (TPSA) is 50.7 Å². The molecule has 2 N–H and O–H groups in total. The summed E-state index contributed by atoms with van der Waals surface area (Å²) in [7, 11) is 3.09. The molecule has 0 bridgehead atoms. The lowest BCUT2D eigenvalue weighted by atomic mass is 9.87. The Balaban J connectivity index is 2.10. The highest BCUT2D eigenvalue weighted by Crippen LogP contribution is 2.39. The highest BCUT2D eigenvalue weighted by Gasteiger charge is 2.33. The fraction of sp³-hybridized carbons (Fsp3) is 0.625. The summed E-state index contributed by atoms with van der Waals surface area (Å²) in [6.07, 6.45) is 3.78. The van der Waals surface area contributed by atoms with E-state index in [0.29, 0.717) is 23.0 Å². The van der Waals surface area contributed by atoms with Crippen molar-refractivity contribution < 1.29 is 14.6 Å². The molecule has 1 saturated carbocycles. The molecule has 1 aliphatic carbocycles. The first kappa shape index (κ1) is 15.0. The van der Waals surface area contributed by atoms with Crippen LogP contribution in [0.1, 0.15) is 38.7 Å². The third-order valence-electron chi connectivity index (χ3n) is 4.35. The largest absolute Gasteiger partial charge is 0.502 e. The van der Waals surface area contributed by atoms with Crippen molar-refractivity contribution in [2.24, 2.45) is 5.41 Å². The molecule has 0 radical (unpaired) electrons. The number of ether oxygens (including phenoxy) is 2. The van der Waals surface area contributed by atoms with Crippen LogP contribution in [0.5, 0.6) is 17.2 Å². The van der Waals surface area contributed by atoms with E-state index in [1.165, 1.54) is 19.3 Å². The quantitative estimate of drug-likeness (QED) is 0.869. The van der Waals surface area contributed by atoms with Crippen LogP contribution in [0.15, 0.2) is 12.1 Å². The average molecular weight is 279 g/mol. The van der Waals surface area contributed by atoms with Gasteiger partial charge in [-0.05, 0) is 36.0 Å². The van der Waals surface area contributed by atoms with E-state index in [2.05, 4.69) is 19.2 Å². The van der Waals surface area contributed by atoms with Gasteiger partial charge in [-0.3, -0.25) is 0 Å². The molecule has 0 spiro atoms. The Morgan fingerprint density at radius 2 is 1.85 bits per heavy atom. The molecule has 0 aliphatic heterocycles. The molecule has 2 rings (SSSR count). The van der Waals surface area contributed by atoms with Gasteiger partial charge < -0.3 is 19.9 Å². The highest BCUT2D eigenvalue weighted by molar-refractivity contribution is 5.52. The van der Waals surface area contributed by atoms with Gasteiger partial charge in [-0.15, -0.1) is 0 Å². The third-order valence-corrected chi connectivity index (χ3v) is 4.35. The summed E-state index contributed by atoms with van der Waals surface area (Å²) in [5, 5.41) is 13.5. The number of hydrogen-bond donors (Lipinski definition) is 2. The molecule has 0 amide bonds. The molecule has 0 aromatic heterocycles. The maximum Gasteiger partial charge on any atom is 0.200 e. The monoisotopic (exact) mass is 279 g/mol. The number of nitrogens with one attached hydrogen (secondary N) is 1. The van der Waals surface area contributed by atoms with Gasteiger partial charge in [-0.2, -0.15) is 0 Å². The minimum Gasteiger partial charge on any atom is -0.502 e. The SMILES string of the molecule is COc1cc(CNC2CCCC2(C)C)cc(OC)c1O. The lowest BCUT2D eigenvalue weighted by molar-refractivity contribution is 0.282. The molecule has 1 aromatic carbocycles. The molecular weight excluding hydrogens is 254 g/mol. The maximum atomic E-state index is 9.91. The lowest BCUT2D eigenvalue weighted by Crippen LogP contribution is -2.37. The van der Waals surface area contributed by atoms with Crippen LogP contribution < -0.4 is 14.8 Å². The fourth-order valence-corrected chi connectivity index (χ4v) is 3.00. The van der Waals surface area contributed by atoms with E-state index in [4.69, 9.17) is 9.47 Å². The molecule has 1 atom stereocenters. The summed E-state index contributed by atoms with van der Waals surface area (Å²) < 4.78 is 10.4. The Hall–Kier alpha value is -1.42. The molecule has 4 heteroatoms. The second kappa shape index (κ2) is 5.92. The van der Waals surface area contributed by atoms with E-state index in [0.717, 1.165) is 12.1 Å². The van der Waals surface area contributed by atoms with Crippen LogP contribution in [0, 0.1) is 5.41 Å². The number of phenols is 1. The van der Waals surface area contributed by atoms with Crippen LogP contribution in [0.3, 0.4) is 0 Å². The molecule has 0 saturated heterocycles. The minimum absolute atomic E-state index is 0.0555. The molecule has 1 unspecified atom stereocenters. The molecule has 1 aromatic rings. The fourth-order valence-electron chi connectivity index (χ4n) is 3.00. The van der Waals surface area contributed by atoms with Crippen molar-refractivity contribution in [2.45, 2.75) is 45.7 Å². The lowest BCUT2D eigenvalue weighted by Gasteiger charge is -2.28. The van der Waals surface area contributed by atoms with Crippen LogP contribution in [0.4, 0.5) is 0 Å². The van der Waals surface area contributed by atoms with Crippen molar-refractivity contribution in [3.05, 3.63) is 17.7 Å². The van der Waals surface area contributed by atoms with Gasteiger partial charge in [-0.25, -0.2) is 0 Å². The summed E-state index contributed by atoms with van der Waals surface area (Å²) in [4.78, 5) is 0. The van der Waals surface area contributed by atoms with Crippen molar-refractivity contribution in [3.8, 4) is 17.2 Å². The molecule has 20 heavy (non-hydrogen) atoms. The summed E-state index contributed by atoms with van der Waals surface area (Å²) in [5.74, 6) is 0.957. The predicted octanol–water partition coefficient (Wildman–Crippen LogP) is 3.08. The van der Waals surface area contributed by atoms with E-state index in [1.807, 2.05) is 12.1 Å². The molecule has 112 valence electrons. The van der Waals surface area contributed by atoms with E-state index in [1.54, 1.807) is 14.2 Å². The summed E-state index contributed by atoms with van der Waals surface area (Å²) >= 11 is 0. The van der Waals surface area contributed by atoms with Crippen molar-refractivity contribution in [1.82, 2.24) is 5.32 Å². The van der Waals surface area contributed by atoms with E-state index in [-0.39, 0.29) is 5.75 Å². The number of benzene rings is 1. The van der Waals surface area contributed by atoms with Crippen LogP contribution >= 0.6 is 0 Å². The zero-order valence-corrected chi connectivity index (χ0v) is 12.8. The van der Waals surface area contributed by atoms with E-state index in [9.17, 15) is 5.11 Å². The second-order valence-electron chi connectivity index (χ2n) is 6.16. The Morgan fingerprint density at radius 3 is 2.30 bits per heavy atom. The van der Waals surface area contributed by atoms with Crippen LogP contribution in [0.25, 0.3) is 0 Å². The number of methoxy groups -OCH3 is 2. The Kier molecular flexibility index (Phi) is 4.43. The highest BCUT2D eigenvalue weighted by atomic mass is 16.5. The van der Waals surface area contributed by atoms with Crippen LogP contribution in [-0.4, -0.2) is 25.4 Å². The Bertz CT molecular complexity index is 446. The number of hydrogen-bond acceptors (Lipinski definition) is 4. The van der Waals surface area contributed by atoms with Crippen LogP contribution in [-0.2, 0) is 6.54 Å². The maximum absolute atomic E-state index is 9.91. The van der Waals surface area contributed by atoms with Crippen molar-refractivity contribution >= 4 is 0 Å². The van der Waals surface area contributed by atoms with Crippen molar-refractivity contribution in [3.63, 3.8) is 0 Å². The van der Waals surface area contributed by atoms with Gasteiger partial charge in [0, 0.05) is 12.6 Å². The molecule has 1 aliphatic rings. The summed E-state index contributed by atoms with van der Waals surface area (Å²) in [6, 6.07) is 4.24. The normalized spacial score (nSPS) is 20.9. The van der Waals surface area contributed by atoms with Gasteiger partial charge in [0.1, 0.15) is 0 Å². The summed E-state index contributed by atoms with van der Waals surface area (Å²) in [5.41, 5.74) is 1.41. The average Bonchev–Trinajstić information content (AvgIpc) is 2.76. The zero-order valence-electron chi connectivity index (χ0n) is 12.8. The standard InChI is InChI=1S/C16H25NO3/c1-16(2)7-5-6-14(16)17-10-11-8-12(19-3)15(18)13(9-11)20-4/h8-9,14,17-18H,5-7,10H2,1-4H3. The summed E-state index contributed by atoms with van der Waals surface area (Å²) in [6.45, 7) is 5.38. The Morgan fingerprint density at radius 1 is 1.25 bits per heavy atom. The first-order chi connectivity index (χ1) is 9.47. The molecule has 4 nitrogen and oxygen atoms in total. The van der Waals surface area contributed by atoms with Gasteiger partial charge in [0.15, 0.2) is 11.5 Å². The van der Waals surface area contributed by atoms with Gasteiger partial charge in [0.2, 0.25) is 5.75 Å². The first-order valence-corrected chi connectivity index (χ1v) is 7.15. The second-order valence-corrected chi connectivity index (χ2v) is 6.16. The first-order valence-electron chi connectivity index (χ1n) is 7.15. The van der Waals surface area contributed by atoms with E-state index < -0.39 is 0 Å². The minimum atomic E-state index is 0.0555. The zero-order chi connectivity index (χ0) is 14.8. The number of rotatable bonds is 5. The Labute approximate surface area is 121 Å². The van der Waals surface area contributed by atoms with E-state index >= 15 is 0 Å². The van der Waals surface area contributed by atoms with Gasteiger partial charge in [0.25, 0.3) is 0 Å². The third kappa shape index (κ3) is 3.01. The molecular formula is C16H25NO3. The van der Waals surface area contributed by atoms with Gasteiger partial charge >= 0.3 is 0 Å². The van der Waals surface area contributed by atoms with Crippen molar-refractivity contribution in [2.75, 3.05) is 14.2 Å². The number of aromatic hydroxyl groups is 1. The van der Waals surface area contributed by atoms with Crippen molar-refractivity contribution in [1.29, 1.82) is 0 Å². The number of phenolic OH excluding ortho intramolecular Hbond substituents is 1. The van der Waals surface area contributed by atoms with Gasteiger partial charge in [-0.1, -0.05) is 20.3 Å². The van der Waals surface area contributed by atoms with Gasteiger partial charge in [0.05, 0.1) is 14.2 Å². The predicted molar refractivity (Wildman–Crippen MR) is 79.5 cm³/mol. The smallest absolute Gasteiger partial charge is 0.200 e.